The largest absolute Gasteiger partial charge is 0.354 e. The maximum absolute atomic E-state index is 12.4. The van der Waals surface area contributed by atoms with Crippen LogP contribution in [0.3, 0.4) is 0 Å². The highest BCUT2D eigenvalue weighted by Gasteiger charge is 2.41. The van der Waals surface area contributed by atoms with Crippen LogP contribution in [-0.4, -0.2) is 17.5 Å². The number of amides is 1. The monoisotopic (exact) mass is 303 g/mol. The summed E-state index contributed by atoms with van der Waals surface area (Å²) in [5.41, 5.74) is 6.06. The van der Waals surface area contributed by atoms with Crippen molar-refractivity contribution >= 4 is 11.6 Å². The molecule has 1 aromatic carbocycles. The number of carbonyl (C=O) groups is 1. The van der Waals surface area contributed by atoms with E-state index >= 15 is 0 Å². The maximum atomic E-state index is 12.4. The second kappa shape index (κ2) is 6.29. The van der Waals surface area contributed by atoms with E-state index in [9.17, 15) is 4.79 Å². The Balaban J connectivity index is 2.56. The quantitative estimate of drug-likeness (QED) is 0.510. The van der Waals surface area contributed by atoms with Gasteiger partial charge in [-0.15, -0.1) is 0 Å². The Morgan fingerprint density at radius 1 is 1.50 bits per heavy atom. The number of nitrogens with one attached hydrogen (secondary N) is 1. The van der Waals surface area contributed by atoms with Gasteiger partial charge < -0.3 is 4.90 Å². The van der Waals surface area contributed by atoms with Crippen LogP contribution in [0.2, 0.25) is 0 Å². The van der Waals surface area contributed by atoms with Crippen LogP contribution < -0.4 is 16.2 Å². The number of aryl methyl sites for hydroxylation is 1. The minimum absolute atomic E-state index is 0.0754. The number of carbonyl (C=O) groups excluding carboxylic acids is 1. The molecule has 4 nitrogen and oxygen atoms in total. The molecule has 0 bridgehead atoms. The molecule has 0 aromatic heterocycles. The van der Waals surface area contributed by atoms with Crippen LogP contribution in [0, 0.1) is 6.92 Å². The van der Waals surface area contributed by atoms with Crippen molar-refractivity contribution in [3.8, 4) is 0 Å². The first-order valence-corrected chi connectivity index (χ1v) is 8.22. The van der Waals surface area contributed by atoms with Crippen molar-refractivity contribution in [3.05, 3.63) is 29.3 Å². The summed E-state index contributed by atoms with van der Waals surface area (Å²) >= 11 is 0. The van der Waals surface area contributed by atoms with Gasteiger partial charge in [0.15, 0.2) is 0 Å². The molecule has 1 amide bonds. The lowest BCUT2D eigenvalue weighted by molar-refractivity contribution is -0.123. The number of hydrazine groups is 1. The summed E-state index contributed by atoms with van der Waals surface area (Å²) in [5, 5.41) is 0. The molecule has 2 unspecified atom stereocenters. The average molecular weight is 303 g/mol. The molecule has 2 rings (SSSR count). The first-order valence-electron chi connectivity index (χ1n) is 8.22. The molecule has 0 spiro atoms. The molecular formula is C18H29N3O. The number of benzene rings is 1. The van der Waals surface area contributed by atoms with Crippen LogP contribution in [0.5, 0.6) is 0 Å². The smallest absolute Gasteiger partial charge is 0.256 e. The van der Waals surface area contributed by atoms with E-state index in [-0.39, 0.29) is 17.5 Å². The third-order valence-corrected chi connectivity index (χ3v) is 4.75. The molecule has 2 atom stereocenters. The van der Waals surface area contributed by atoms with E-state index in [4.69, 9.17) is 5.84 Å². The van der Waals surface area contributed by atoms with Gasteiger partial charge in [-0.3, -0.25) is 10.2 Å². The number of fused-ring (bicyclic) bond motifs is 1. The van der Waals surface area contributed by atoms with Gasteiger partial charge in [0, 0.05) is 11.2 Å². The van der Waals surface area contributed by atoms with Gasteiger partial charge in [0.25, 0.3) is 5.91 Å². The lowest BCUT2D eigenvalue weighted by Gasteiger charge is -2.50. The molecule has 1 aliphatic heterocycles. The van der Waals surface area contributed by atoms with E-state index in [2.05, 4.69) is 63.1 Å². The van der Waals surface area contributed by atoms with E-state index in [1.54, 1.807) is 0 Å². The molecular weight excluding hydrogens is 274 g/mol. The third kappa shape index (κ3) is 2.98. The summed E-state index contributed by atoms with van der Waals surface area (Å²) in [7, 11) is 0. The van der Waals surface area contributed by atoms with Gasteiger partial charge in [0.2, 0.25) is 0 Å². The lowest BCUT2D eigenvalue weighted by Crippen LogP contribution is -2.59. The number of nitrogens with zero attached hydrogens (tertiary/aromatic N) is 1. The molecule has 3 N–H and O–H groups in total. The highest BCUT2D eigenvalue weighted by molar-refractivity contribution is 5.86. The maximum Gasteiger partial charge on any atom is 0.256 e. The predicted octanol–water partition coefficient (Wildman–Crippen LogP) is 3.25. The third-order valence-electron chi connectivity index (χ3n) is 4.75. The van der Waals surface area contributed by atoms with Crippen molar-refractivity contribution in [2.75, 3.05) is 4.90 Å². The summed E-state index contributed by atoms with van der Waals surface area (Å²) in [4.78, 5) is 14.7. The summed E-state index contributed by atoms with van der Waals surface area (Å²) < 4.78 is 0. The van der Waals surface area contributed by atoms with E-state index in [1.165, 1.54) is 16.8 Å². The molecule has 1 aliphatic rings. The molecule has 4 heteroatoms. The van der Waals surface area contributed by atoms with Gasteiger partial charge in [0.1, 0.15) is 6.04 Å². The summed E-state index contributed by atoms with van der Waals surface area (Å²) in [5.74, 6) is 5.83. The molecule has 1 heterocycles. The highest BCUT2D eigenvalue weighted by atomic mass is 16.2. The van der Waals surface area contributed by atoms with Crippen molar-refractivity contribution in [1.29, 1.82) is 0 Å². The van der Waals surface area contributed by atoms with Crippen molar-refractivity contribution < 1.29 is 4.79 Å². The Kier molecular flexibility index (Phi) is 4.81. The van der Waals surface area contributed by atoms with E-state index in [0.29, 0.717) is 5.92 Å². The van der Waals surface area contributed by atoms with E-state index in [1.807, 2.05) is 0 Å². The Bertz CT molecular complexity index is 553. The van der Waals surface area contributed by atoms with E-state index < -0.39 is 0 Å². The van der Waals surface area contributed by atoms with Crippen LogP contribution in [0.15, 0.2) is 18.2 Å². The summed E-state index contributed by atoms with van der Waals surface area (Å²) in [6.45, 7) is 10.9. The molecule has 0 saturated heterocycles. The number of rotatable bonds is 4. The topological polar surface area (TPSA) is 58.4 Å². The summed E-state index contributed by atoms with van der Waals surface area (Å²) in [6, 6.07) is 6.32. The first kappa shape index (κ1) is 16.8. The second-order valence-electron chi connectivity index (χ2n) is 7.16. The number of hydrogen-bond acceptors (Lipinski definition) is 3. The van der Waals surface area contributed by atoms with Gasteiger partial charge in [0.05, 0.1) is 0 Å². The predicted molar refractivity (Wildman–Crippen MR) is 91.8 cm³/mol. The standard InChI is InChI=1S/C18H29N3O/c1-6-7-16(17(22)20-19)21-15-9-8-12(2)10-14(15)13(3)11-18(21,4)5/h8-10,13,16H,6-7,11,19H2,1-5H3,(H,20,22). The van der Waals surface area contributed by atoms with Gasteiger partial charge in [-0.1, -0.05) is 38.0 Å². The van der Waals surface area contributed by atoms with Crippen molar-refractivity contribution in [3.63, 3.8) is 0 Å². The van der Waals surface area contributed by atoms with Gasteiger partial charge in [-0.2, -0.15) is 0 Å². The van der Waals surface area contributed by atoms with E-state index in [0.717, 1.165) is 19.3 Å². The Hall–Kier alpha value is -1.55. The van der Waals surface area contributed by atoms with Crippen molar-refractivity contribution in [2.24, 2.45) is 5.84 Å². The number of hydrogen-bond donors (Lipinski definition) is 2. The Labute approximate surface area is 134 Å². The molecule has 0 fully saturated rings. The van der Waals surface area contributed by atoms with Crippen LogP contribution >= 0.6 is 0 Å². The zero-order chi connectivity index (χ0) is 16.5. The highest BCUT2D eigenvalue weighted by Crippen LogP contribution is 2.45. The molecule has 0 saturated carbocycles. The lowest BCUT2D eigenvalue weighted by atomic mass is 9.78. The van der Waals surface area contributed by atoms with Crippen molar-refractivity contribution in [1.82, 2.24) is 5.43 Å². The normalized spacial score (nSPS) is 21.2. The number of anilines is 1. The van der Waals surface area contributed by atoms with Gasteiger partial charge in [-0.05, 0) is 51.2 Å². The first-order chi connectivity index (χ1) is 10.3. The fourth-order valence-electron chi connectivity index (χ4n) is 3.91. The van der Waals surface area contributed by atoms with Gasteiger partial charge in [-0.25, -0.2) is 5.84 Å². The minimum atomic E-state index is -0.223. The Morgan fingerprint density at radius 3 is 2.77 bits per heavy atom. The molecule has 122 valence electrons. The van der Waals surface area contributed by atoms with Crippen LogP contribution in [-0.2, 0) is 4.79 Å². The Morgan fingerprint density at radius 2 is 2.18 bits per heavy atom. The number of nitrogens with two attached hydrogens (primary N) is 1. The van der Waals surface area contributed by atoms with Crippen LogP contribution in [0.4, 0.5) is 5.69 Å². The molecule has 22 heavy (non-hydrogen) atoms. The fourth-order valence-corrected chi connectivity index (χ4v) is 3.91. The SMILES string of the molecule is CCCC(C(=O)NN)N1c2ccc(C)cc2C(C)CC1(C)C. The summed E-state index contributed by atoms with van der Waals surface area (Å²) in [6.07, 6.45) is 2.77. The van der Waals surface area contributed by atoms with Crippen LogP contribution in [0.25, 0.3) is 0 Å². The minimum Gasteiger partial charge on any atom is -0.354 e. The zero-order valence-corrected chi connectivity index (χ0v) is 14.4. The molecule has 0 aliphatic carbocycles. The average Bonchev–Trinajstić information content (AvgIpc) is 2.45. The van der Waals surface area contributed by atoms with Crippen molar-refractivity contribution in [2.45, 2.75) is 71.4 Å². The fraction of sp³-hybridized carbons (Fsp3) is 0.611. The molecule has 1 aromatic rings. The van der Waals surface area contributed by atoms with Gasteiger partial charge >= 0.3 is 0 Å². The second-order valence-corrected chi connectivity index (χ2v) is 7.16. The zero-order valence-electron chi connectivity index (χ0n) is 14.4. The molecule has 0 radical (unpaired) electrons. The van der Waals surface area contributed by atoms with Crippen LogP contribution in [0.1, 0.15) is 64.0 Å².